The maximum atomic E-state index is 12.6. The van der Waals surface area contributed by atoms with Gasteiger partial charge >= 0.3 is 12.5 Å². The SMILES string of the molecule is CC1(C)OCC(c2c(CN(C(=O)O)C(C)(C)C)cc(-c3ccc(OC(F)(F)F)cc3)c3c2CCO3)O1. The third-order valence-corrected chi connectivity index (χ3v) is 6.21. The van der Waals surface area contributed by atoms with Crippen LogP contribution in [-0.2, 0) is 22.4 Å². The van der Waals surface area contributed by atoms with Crippen molar-refractivity contribution in [1.82, 2.24) is 4.90 Å². The van der Waals surface area contributed by atoms with Crippen molar-refractivity contribution < 1.29 is 42.0 Å². The first-order valence-electron chi connectivity index (χ1n) is 11.6. The minimum absolute atomic E-state index is 0.0873. The van der Waals surface area contributed by atoms with Crippen LogP contribution in [0.15, 0.2) is 30.3 Å². The maximum absolute atomic E-state index is 12.6. The predicted octanol–water partition coefficient (Wildman–Crippen LogP) is 6.29. The van der Waals surface area contributed by atoms with Gasteiger partial charge in [0.25, 0.3) is 0 Å². The fraction of sp³-hybridized carbons (Fsp3) is 0.500. The molecular weight excluding hydrogens is 479 g/mol. The van der Waals surface area contributed by atoms with Gasteiger partial charge in [-0.25, -0.2) is 4.79 Å². The minimum atomic E-state index is -4.79. The second kappa shape index (κ2) is 9.15. The molecule has 1 atom stereocenters. The first kappa shape index (κ1) is 26.1. The number of rotatable bonds is 5. The number of alkyl halides is 3. The molecule has 4 rings (SSSR count). The number of halogens is 3. The highest BCUT2D eigenvalue weighted by atomic mass is 19.4. The van der Waals surface area contributed by atoms with E-state index in [-0.39, 0.29) is 12.3 Å². The van der Waals surface area contributed by atoms with Crippen LogP contribution in [0.2, 0.25) is 0 Å². The third kappa shape index (κ3) is 5.54. The number of nitrogens with zero attached hydrogens (tertiary/aromatic N) is 1. The summed E-state index contributed by atoms with van der Waals surface area (Å²) in [5.74, 6) is -0.508. The molecule has 2 heterocycles. The van der Waals surface area contributed by atoms with Gasteiger partial charge < -0.3 is 24.1 Å². The molecule has 1 saturated heterocycles. The summed E-state index contributed by atoms with van der Waals surface area (Å²) in [7, 11) is 0. The lowest BCUT2D eigenvalue weighted by Crippen LogP contribution is -2.44. The number of fused-ring (bicyclic) bond motifs is 1. The Hall–Kier alpha value is -2.98. The van der Waals surface area contributed by atoms with E-state index in [2.05, 4.69) is 4.74 Å². The molecule has 0 saturated carbocycles. The molecule has 0 radical (unpaired) electrons. The smallest absolute Gasteiger partial charge is 0.492 e. The Morgan fingerprint density at radius 1 is 1.19 bits per heavy atom. The Kier molecular flexibility index (Phi) is 6.63. The summed E-state index contributed by atoms with van der Waals surface area (Å²) in [5.41, 5.74) is 3.07. The van der Waals surface area contributed by atoms with Crippen LogP contribution in [0.3, 0.4) is 0 Å². The maximum Gasteiger partial charge on any atom is 0.573 e. The van der Waals surface area contributed by atoms with Crippen molar-refractivity contribution >= 4 is 6.09 Å². The van der Waals surface area contributed by atoms with Gasteiger partial charge in [0.1, 0.15) is 17.6 Å². The first-order valence-corrected chi connectivity index (χ1v) is 11.6. The number of carboxylic acid groups (broad SMARTS) is 1. The number of amides is 1. The van der Waals surface area contributed by atoms with Crippen molar-refractivity contribution in [2.75, 3.05) is 13.2 Å². The van der Waals surface area contributed by atoms with Crippen LogP contribution in [0, 0.1) is 0 Å². The molecular formula is C26H30F3NO6. The van der Waals surface area contributed by atoms with Gasteiger partial charge in [0.05, 0.1) is 13.2 Å². The van der Waals surface area contributed by atoms with Crippen LogP contribution in [0.4, 0.5) is 18.0 Å². The lowest BCUT2D eigenvalue weighted by molar-refractivity contribution is -0.274. The fourth-order valence-corrected chi connectivity index (χ4v) is 4.64. The zero-order valence-electron chi connectivity index (χ0n) is 20.9. The molecule has 2 aliphatic rings. The van der Waals surface area contributed by atoms with Crippen LogP contribution in [0.1, 0.15) is 57.4 Å². The molecule has 1 unspecified atom stereocenters. The Labute approximate surface area is 207 Å². The van der Waals surface area contributed by atoms with E-state index in [1.54, 1.807) is 0 Å². The third-order valence-electron chi connectivity index (χ3n) is 6.21. The average Bonchev–Trinajstić information content (AvgIpc) is 3.36. The van der Waals surface area contributed by atoms with Crippen LogP contribution >= 0.6 is 0 Å². The molecule has 0 spiro atoms. The van der Waals surface area contributed by atoms with Crippen molar-refractivity contribution in [3.8, 4) is 22.6 Å². The van der Waals surface area contributed by atoms with E-state index in [1.165, 1.54) is 29.2 Å². The lowest BCUT2D eigenvalue weighted by atomic mass is 9.89. The topological polar surface area (TPSA) is 77.5 Å². The quantitative estimate of drug-likeness (QED) is 0.511. The summed E-state index contributed by atoms with van der Waals surface area (Å²) < 4.78 is 59.8. The van der Waals surface area contributed by atoms with Gasteiger partial charge in [-0.05, 0) is 69.5 Å². The van der Waals surface area contributed by atoms with E-state index in [1.807, 2.05) is 40.7 Å². The standard InChI is InChI=1S/C26H30F3NO6/c1-24(2,3)30(23(31)32)13-16-12-19(15-6-8-17(9-7-15)35-26(27,28)29)22-18(10-11-33-22)21(16)20-14-34-25(4,5)36-20/h6-9,12,20H,10-11,13-14H2,1-5H3,(H,31,32). The highest BCUT2D eigenvalue weighted by molar-refractivity contribution is 5.76. The number of carbonyl (C=O) groups is 1. The second-order valence-electron chi connectivity index (χ2n) is 10.3. The van der Waals surface area contributed by atoms with Crippen molar-refractivity contribution in [3.05, 3.63) is 47.0 Å². The van der Waals surface area contributed by atoms with Crippen LogP contribution in [0.25, 0.3) is 11.1 Å². The Morgan fingerprint density at radius 3 is 2.39 bits per heavy atom. The molecule has 2 aromatic rings. The van der Waals surface area contributed by atoms with Gasteiger partial charge in [0.15, 0.2) is 5.79 Å². The highest BCUT2D eigenvalue weighted by Crippen LogP contribution is 2.46. The predicted molar refractivity (Wildman–Crippen MR) is 125 cm³/mol. The molecule has 0 aliphatic carbocycles. The first-order chi connectivity index (χ1) is 16.6. The minimum Gasteiger partial charge on any atom is -0.492 e. The molecule has 196 valence electrons. The van der Waals surface area contributed by atoms with Crippen LogP contribution < -0.4 is 9.47 Å². The molecule has 7 nitrogen and oxygen atoms in total. The van der Waals surface area contributed by atoms with Crippen molar-refractivity contribution in [3.63, 3.8) is 0 Å². The van der Waals surface area contributed by atoms with E-state index < -0.39 is 29.9 Å². The number of benzene rings is 2. The summed E-state index contributed by atoms with van der Waals surface area (Å²) in [6.07, 6.45) is -5.68. The normalized spacial score (nSPS) is 19.1. The molecule has 0 aromatic heterocycles. The number of hydrogen-bond acceptors (Lipinski definition) is 5. The molecule has 10 heteroatoms. The monoisotopic (exact) mass is 509 g/mol. The van der Waals surface area contributed by atoms with Gasteiger partial charge in [-0.15, -0.1) is 13.2 Å². The molecule has 0 bridgehead atoms. The van der Waals surface area contributed by atoms with Crippen molar-refractivity contribution in [1.29, 1.82) is 0 Å². The number of hydrogen-bond donors (Lipinski definition) is 1. The molecule has 1 amide bonds. The van der Waals surface area contributed by atoms with E-state index in [0.717, 1.165) is 16.7 Å². The van der Waals surface area contributed by atoms with E-state index in [0.29, 0.717) is 36.5 Å². The molecule has 1 fully saturated rings. The number of ether oxygens (including phenoxy) is 4. The molecule has 36 heavy (non-hydrogen) atoms. The molecule has 1 N–H and O–H groups in total. The van der Waals surface area contributed by atoms with E-state index >= 15 is 0 Å². The fourth-order valence-electron chi connectivity index (χ4n) is 4.64. The summed E-state index contributed by atoms with van der Waals surface area (Å²) in [6.45, 7) is 9.90. The van der Waals surface area contributed by atoms with Crippen LogP contribution in [-0.4, -0.2) is 47.0 Å². The second-order valence-corrected chi connectivity index (χ2v) is 10.3. The summed E-state index contributed by atoms with van der Waals surface area (Å²) >= 11 is 0. The van der Waals surface area contributed by atoms with Gasteiger partial charge in [0.2, 0.25) is 0 Å². The van der Waals surface area contributed by atoms with E-state index in [9.17, 15) is 23.1 Å². The zero-order chi connectivity index (χ0) is 26.5. The zero-order valence-corrected chi connectivity index (χ0v) is 20.9. The van der Waals surface area contributed by atoms with Crippen molar-refractivity contribution in [2.45, 2.75) is 71.4 Å². The highest BCUT2D eigenvalue weighted by Gasteiger charge is 2.39. The summed E-state index contributed by atoms with van der Waals surface area (Å²) in [4.78, 5) is 13.5. The largest absolute Gasteiger partial charge is 0.573 e. The Bertz CT molecular complexity index is 1140. The van der Waals surface area contributed by atoms with Crippen molar-refractivity contribution in [2.24, 2.45) is 0 Å². The van der Waals surface area contributed by atoms with Gasteiger partial charge in [0, 0.05) is 29.6 Å². The lowest BCUT2D eigenvalue weighted by Gasteiger charge is -2.34. The molecule has 2 aliphatic heterocycles. The summed E-state index contributed by atoms with van der Waals surface area (Å²) in [6, 6.07) is 7.38. The average molecular weight is 510 g/mol. The Balaban J connectivity index is 1.84. The summed E-state index contributed by atoms with van der Waals surface area (Å²) in [5, 5.41) is 9.95. The molecule has 2 aromatic carbocycles. The van der Waals surface area contributed by atoms with Gasteiger partial charge in [-0.3, -0.25) is 4.90 Å². The Morgan fingerprint density at radius 2 is 1.86 bits per heavy atom. The van der Waals surface area contributed by atoms with Gasteiger partial charge in [-0.1, -0.05) is 12.1 Å². The van der Waals surface area contributed by atoms with Crippen LogP contribution in [0.5, 0.6) is 11.5 Å². The van der Waals surface area contributed by atoms with E-state index in [4.69, 9.17) is 14.2 Å². The van der Waals surface area contributed by atoms with Gasteiger partial charge in [-0.2, -0.15) is 0 Å².